The molecule has 138 valence electrons. The minimum Gasteiger partial charge on any atom is -0.444 e. The van der Waals surface area contributed by atoms with E-state index in [0.29, 0.717) is 0 Å². The molecule has 1 aliphatic heterocycles. The van der Waals surface area contributed by atoms with Gasteiger partial charge in [0.2, 0.25) is 0 Å². The van der Waals surface area contributed by atoms with E-state index in [0.717, 1.165) is 11.8 Å². The lowest BCUT2D eigenvalue weighted by molar-refractivity contribution is -0.123. The third-order valence-electron chi connectivity index (χ3n) is 3.91. The summed E-state index contributed by atoms with van der Waals surface area (Å²) in [7, 11) is 0. The summed E-state index contributed by atoms with van der Waals surface area (Å²) in [4.78, 5) is 25.7. The molecule has 0 spiro atoms. The average Bonchev–Trinajstić information content (AvgIpc) is 2.83. The Morgan fingerprint density at radius 2 is 2.00 bits per heavy atom. The van der Waals surface area contributed by atoms with Crippen molar-refractivity contribution in [1.82, 2.24) is 4.90 Å². The number of hydrogen-bond acceptors (Lipinski definition) is 5. The number of carbonyl (C=O) groups is 2. The summed E-state index contributed by atoms with van der Waals surface area (Å²) in [6.07, 6.45) is -0.597. The summed E-state index contributed by atoms with van der Waals surface area (Å²) in [5.41, 5.74) is -0.553. The first-order valence-corrected chi connectivity index (χ1v) is 8.41. The molecule has 6 heteroatoms. The zero-order chi connectivity index (χ0) is 18.7. The minimum absolute atomic E-state index is 0.213. The molecule has 0 saturated carbocycles. The molecule has 2 rings (SSSR count). The lowest BCUT2D eigenvalue weighted by atomic mass is 10.1. The smallest absolute Gasteiger partial charge is 0.413 e. The summed E-state index contributed by atoms with van der Waals surface area (Å²) < 4.78 is 17.0. The van der Waals surface area contributed by atoms with E-state index >= 15 is 0 Å². The zero-order valence-corrected chi connectivity index (χ0v) is 15.5. The number of ether oxygens (including phenoxy) is 3. The van der Waals surface area contributed by atoms with Crippen LogP contribution in [0.25, 0.3) is 0 Å². The highest BCUT2D eigenvalue weighted by Gasteiger charge is 2.49. The van der Waals surface area contributed by atoms with Gasteiger partial charge in [-0.25, -0.2) is 4.79 Å². The van der Waals surface area contributed by atoms with Crippen LogP contribution in [0.1, 0.15) is 40.2 Å². The molecule has 2 atom stereocenters. The number of aldehydes is 1. The summed E-state index contributed by atoms with van der Waals surface area (Å²) in [5.74, 6) is 0. The van der Waals surface area contributed by atoms with E-state index in [1.54, 1.807) is 34.6 Å². The Kier molecular flexibility index (Phi) is 5.85. The second kappa shape index (κ2) is 7.54. The molecule has 1 heterocycles. The third kappa shape index (κ3) is 5.03. The topological polar surface area (TPSA) is 65.1 Å². The van der Waals surface area contributed by atoms with Crippen LogP contribution in [-0.2, 0) is 25.6 Å². The first-order chi connectivity index (χ1) is 11.6. The van der Waals surface area contributed by atoms with E-state index in [2.05, 4.69) is 0 Å². The second-order valence-electron chi connectivity index (χ2n) is 7.57. The molecule has 0 aliphatic carbocycles. The molecule has 0 radical (unpaired) electrons. The normalized spacial score (nSPS) is 21.0. The number of benzene rings is 1. The van der Waals surface area contributed by atoms with Gasteiger partial charge in [0.1, 0.15) is 17.4 Å². The fourth-order valence-electron chi connectivity index (χ4n) is 2.75. The lowest BCUT2D eigenvalue weighted by Gasteiger charge is -2.36. The van der Waals surface area contributed by atoms with Crippen molar-refractivity contribution >= 4 is 12.4 Å². The standard InChI is InChI=1S/C19H27NO5/c1-18(2,3)25-17(22)20-15(13-24-19(20,4)5)16(11-21)23-12-14-9-7-6-8-10-14/h6-11,15-16H,12-13H2,1-5H3/t15-,16-/m1/s1. The van der Waals surface area contributed by atoms with Gasteiger partial charge in [-0.3, -0.25) is 4.90 Å². The van der Waals surface area contributed by atoms with E-state index in [4.69, 9.17) is 14.2 Å². The number of rotatable bonds is 5. The summed E-state index contributed by atoms with van der Waals surface area (Å²) >= 11 is 0. The SMILES string of the molecule is CC(C)(C)OC(=O)N1[C@@H]([C@@H](C=O)OCc2ccccc2)COC1(C)C. The van der Waals surface area contributed by atoms with Crippen molar-refractivity contribution in [2.75, 3.05) is 6.61 Å². The number of hydrogen-bond donors (Lipinski definition) is 0. The Bertz CT molecular complexity index is 594. The minimum atomic E-state index is -0.871. The van der Waals surface area contributed by atoms with Crippen molar-refractivity contribution in [3.8, 4) is 0 Å². The summed E-state index contributed by atoms with van der Waals surface area (Å²) in [6, 6.07) is 9.03. The molecule has 0 unspecified atom stereocenters. The summed E-state index contributed by atoms with van der Waals surface area (Å²) in [5, 5.41) is 0. The van der Waals surface area contributed by atoms with Gasteiger partial charge in [-0.15, -0.1) is 0 Å². The molecule has 1 fully saturated rings. The van der Waals surface area contributed by atoms with E-state index < -0.39 is 29.6 Å². The Balaban J connectivity index is 2.12. The van der Waals surface area contributed by atoms with Crippen LogP contribution in [0, 0.1) is 0 Å². The van der Waals surface area contributed by atoms with Gasteiger partial charge >= 0.3 is 6.09 Å². The van der Waals surface area contributed by atoms with Crippen LogP contribution in [0.3, 0.4) is 0 Å². The maximum Gasteiger partial charge on any atom is 0.413 e. The Hall–Kier alpha value is -1.92. The van der Waals surface area contributed by atoms with Crippen molar-refractivity contribution in [3.05, 3.63) is 35.9 Å². The first-order valence-electron chi connectivity index (χ1n) is 8.41. The highest BCUT2D eigenvalue weighted by Crippen LogP contribution is 2.31. The molecular weight excluding hydrogens is 322 g/mol. The highest BCUT2D eigenvalue weighted by atomic mass is 16.6. The van der Waals surface area contributed by atoms with Gasteiger partial charge in [-0.1, -0.05) is 30.3 Å². The van der Waals surface area contributed by atoms with Crippen LogP contribution < -0.4 is 0 Å². The molecule has 0 aromatic heterocycles. The fraction of sp³-hybridized carbons (Fsp3) is 0.579. The van der Waals surface area contributed by atoms with Gasteiger partial charge in [0.05, 0.1) is 19.3 Å². The van der Waals surface area contributed by atoms with Gasteiger partial charge in [-0.05, 0) is 40.2 Å². The molecule has 0 bridgehead atoms. The van der Waals surface area contributed by atoms with Gasteiger partial charge in [0.15, 0.2) is 6.29 Å². The first kappa shape index (κ1) is 19.4. The van der Waals surface area contributed by atoms with Gasteiger partial charge < -0.3 is 19.0 Å². The van der Waals surface area contributed by atoms with Crippen molar-refractivity contribution in [3.63, 3.8) is 0 Å². The highest BCUT2D eigenvalue weighted by molar-refractivity contribution is 5.71. The zero-order valence-electron chi connectivity index (χ0n) is 15.5. The van der Waals surface area contributed by atoms with E-state index in [9.17, 15) is 9.59 Å². The lowest BCUT2D eigenvalue weighted by Crippen LogP contribution is -2.54. The van der Waals surface area contributed by atoms with Crippen LogP contribution in [0.15, 0.2) is 30.3 Å². The summed E-state index contributed by atoms with van der Waals surface area (Å²) in [6.45, 7) is 9.44. The Morgan fingerprint density at radius 3 is 2.56 bits per heavy atom. The van der Waals surface area contributed by atoms with E-state index in [1.165, 1.54) is 4.90 Å². The van der Waals surface area contributed by atoms with Gasteiger partial charge in [0.25, 0.3) is 0 Å². The van der Waals surface area contributed by atoms with Gasteiger partial charge in [0, 0.05) is 0 Å². The molecule has 25 heavy (non-hydrogen) atoms. The van der Waals surface area contributed by atoms with Crippen molar-refractivity contribution in [2.24, 2.45) is 0 Å². The third-order valence-corrected chi connectivity index (χ3v) is 3.91. The monoisotopic (exact) mass is 349 g/mol. The maximum absolute atomic E-state index is 12.6. The molecule has 1 aliphatic rings. The molecule has 1 amide bonds. The van der Waals surface area contributed by atoms with Crippen LogP contribution in [0.4, 0.5) is 4.79 Å². The number of carbonyl (C=O) groups excluding carboxylic acids is 2. The van der Waals surface area contributed by atoms with E-state index in [1.807, 2.05) is 30.3 Å². The van der Waals surface area contributed by atoms with Crippen molar-refractivity contribution in [2.45, 2.75) is 64.7 Å². The van der Waals surface area contributed by atoms with Crippen molar-refractivity contribution < 1.29 is 23.8 Å². The van der Waals surface area contributed by atoms with Crippen LogP contribution >= 0.6 is 0 Å². The Morgan fingerprint density at radius 1 is 1.36 bits per heavy atom. The Labute approximate surface area is 149 Å². The maximum atomic E-state index is 12.6. The van der Waals surface area contributed by atoms with Crippen molar-refractivity contribution in [1.29, 1.82) is 0 Å². The largest absolute Gasteiger partial charge is 0.444 e. The molecule has 1 aromatic rings. The average molecular weight is 349 g/mol. The second-order valence-corrected chi connectivity index (χ2v) is 7.57. The molecular formula is C19H27NO5. The molecule has 6 nitrogen and oxygen atoms in total. The molecule has 0 N–H and O–H groups in total. The predicted octanol–water partition coefficient (Wildman–Crippen LogP) is 3.14. The number of amides is 1. The number of nitrogens with zero attached hydrogens (tertiary/aromatic N) is 1. The quantitative estimate of drug-likeness (QED) is 0.764. The fourth-order valence-corrected chi connectivity index (χ4v) is 2.75. The molecule has 1 saturated heterocycles. The van der Waals surface area contributed by atoms with Crippen LogP contribution in [-0.4, -0.2) is 47.4 Å². The molecule has 1 aromatic carbocycles. The van der Waals surface area contributed by atoms with E-state index in [-0.39, 0.29) is 13.2 Å². The predicted molar refractivity (Wildman–Crippen MR) is 93.0 cm³/mol. The van der Waals surface area contributed by atoms with Crippen LogP contribution in [0.2, 0.25) is 0 Å². The van der Waals surface area contributed by atoms with Gasteiger partial charge in [-0.2, -0.15) is 0 Å². The van der Waals surface area contributed by atoms with Crippen LogP contribution in [0.5, 0.6) is 0 Å².